The molecule has 16 heavy (non-hydrogen) atoms. The molecule has 0 spiro atoms. The van der Waals surface area contributed by atoms with E-state index in [9.17, 15) is 9.90 Å². The van der Waals surface area contributed by atoms with Gasteiger partial charge in [0.1, 0.15) is 5.54 Å². The second kappa shape index (κ2) is 5.64. The summed E-state index contributed by atoms with van der Waals surface area (Å²) in [6.45, 7) is 4.64. The van der Waals surface area contributed by atoms with Crippen molar-refractivity contribution in [3.05, 3.63) is 0 Å². The first kappa shape index (κ1) is 13.5. The molecule has 0 amide bonds. The molecule has 1 rings (SSSR count). The highest BCUT2D eigenvalue weighted by atomic mass is 16.5. The van der Waals surface area contributed by atoms with E-state index < -0.39 is 11.5 Å². The van der Waals surface area contributed by atoms with Gasteiger partial charge in [-0.3, -0.25) is 10.1 Å². The maximum Gasteiger partial charge on any atom is 0.323 e. The molecule has 0 bridgehead atoms. The van der Waals surface area contributed by atoms with Crippen molar-refractivity contribution in [1.29, 1.82) is 0 Å². The molecule has 0 aromatic carbocycles. The van der Waals surface area contributed by atoms with Gasteiger partial charge in [0.25, 0.3) is 0 Å². The van der Waals surface area contributed by atoms with Gasteiger partial charge < -0.3 is 9.84 Å². The van der Waals surface area contributed by atoms with Gasteiger partial charge in [0.05, 0.1) is 6.61 Å². The molecule has 0 aromatic heterocycles. The van der Waals surface area contributed by atoms with E-state index in [0.29, 0.717) is 12.5 Å². The number of aliphatic carboxylic acids is 1. The molecule has 0 aliphatic heterocycles. The molecular formula is C12H23NO3. The van der Waals surface area contributed by atoms with Gasteiger partial charge in [0, 0.05) is 13.2 Å². The zero-order valence-electron chi connectivity index (χ0n) is 10.5. The molecule has 1 aliphatic carbocycles. The highest BCUT2D eigenvalue weighted by Gasteiger charge is 2.42. The summed E-state index contributed by atoms with van der Waals surface area (Å²) in [4.78, 5) is 11.5. The zero-order valence-corrected chi connectivity index (χ0v) is 10.5. The van der Waals surface area contributed by atoms with Gasteiger partial charge in [-0.2, -0.15) is 0 Å². The van der Waals surface area contributed by atoms with Crippen LogP contribution >= 0.6 is 0 Å². The highest BCUT2D eigenvalue weighted by molar-refractivity contribution is 5.79. The SMILES string of the molecule is COCC(C)NC1(C(=O)O)CCCC(C)C1. The number of carboxylic acid groups (broad SMARTS) is 1. The molecule has 0 radical (unpaired) electrons. The highest BCUT2D eigenvalue weighted by Crippen LogP contribution is 2.32. The fraction of sp³-hybridized carbons (Fsp3) is 0.917. The number of hydrogen-bond acceptors (Lipinski definition) is 3. The first-order valence-electron chi connectivity index (χ1n) is 6.00. The van der Waals surface area contributed by atoms with E-state index in [1.807, 2.05) is 6.92 Å². The Labute approximate surface area is 97.4 Å². The van der Waals surface area contributed by atoms with E-state index in [-0.39, 0.29) is 6.04 Å². The number of ether oxygens (including phenoxy) is 1. The van der Waals surface area contributed by atoms with Gasteiger partial charge >= 0.3 is 5.97 Å². The van der Waals surface area contributed by atoms with Gasteiger partial charge in [-0.05, 0) is 25.7 Å². The summed E-state index contributed by atoms with van der Waals surface area (Å²) in [5.74, 6) is -0.242. The van der Waals surface area contributed by atoms with Gasteiger partial charge in [0.2, 0.25) is 0 Å². The maximum absolute atomic E-state index is 11.5. The minimum atomic E-state index is -0.740. The number of carboxylic acids is 1. The molecule has 3 unspecified atom stereocenters. The maximum atomic E-state index is 11.5. The summed E-state index contributed by atoms with van der Waals surface area (Å²) < 4.78 is 5.04. The first-order valence-corrected chi connectivity index (χ1v) is 6.00. The summed E-state index contributed by atoms with van der Waals surface area (Å²) in [5, 5.41) is 12.7. The van der Waals surface area contributed by atoms with E-state index in [1.165, 1.54) is 0 Å². The minimum Gasteiger partial charge on any atom is -0.480 e. The van der Waals surface area contributed by atoms with Crippen LogP contribution < -0.4 is 5.32 Å². The Morgan fingerprint density at radius 2 is 2.38 bits per heavy atom. The molecule has 0 aromatic rings. The predicted molar refractivity (Wildman–Crippen MR) is 62.5 cm³/mol. The molecular weight excluding hydrogens is 206 g/mol. The summed E-state index contributed by atoms with van der Waals surface area (Å²) in [7, 11) is 1.63. The van der Waals surface area contributed by atoms with Crippen LogP contribution in [0.4, 0.5) is 0 Å². The Hall–Kier alpha value is -0.610. The molecule has 1 fully saturated rings. The van der Waals surface area contributed by atoms with Crippen LogP contribution in [0, 0.1) is 5.92 Å². The van der Waals surface area contributed by atoms with Crippen LogP contribution in [-0.4, -0.2) is 36.4 Å². The molecule has 0 heterocycles. The van der Waals surface area contributed by atoms with Crippen LogP contribution in [0.3, 0.4) is 0 Å². The van der Waals surface area contributed by atoms with Crippen molar-refractivity contribution in [2.24, 2.45) is 5.92 Å². The average molecular weight is 229 g/mol. The van der Waals surface area contributed by atoms with Crippen molar-refractivity contribution in [3.63, 3.8) is 0 Å². The normalized spacial score (nSPS) is 32.3. The van der Waals surface area contributed by atoms with Crippen LogP contribution in [0.25, 0.3) is 0 Å². The Bertz CT molecular complexity index is 244. The van der Waals surface area contributed by atoms with Crippen molar-refractivity contribution in [1.82, 2.24) is 5.32 Å². The quantitative estimate of drug-likeness (QED) is 0.752. The van der Waals surface area contributed by atoms with E-state index in [1.54, 1.807) is 7.11 Å². The Kier molecular flexibility index (Phi) is 4.74. The largest absolute Gasteiger partial charge is 0.480 e. The van der Waals surface area contributed by atoms with E-state index in [0.717, 1.165) is 25.7 Å². The molecule has 0 saturated heterocycles. The minimum absolute atomic E-state index is 0.0754. The topological polar surface area (TPSA) is 58.6 Å². The fourth-order valence-electron chi connectivity index (χ4n) is 2.70. The van der Waals surface area contributed by atoms with Gasteiger partial charge in [-0.25, -0.2) is 0 Å². The van der Waals surface area contributed by atoms with Crippen LogP contribution in [0.2, 0.25) is 0 Å². The Morgan fingerprint density at radius 3 is 2.88 bits per heavy atom. The number of carbonyl (C=O) groups is 1. The lowest BCUT2D eigenvalue weighted by Crippen LogP contribution is -2.58. The molecule has 2 N–H and O–H groups in total. The van der Waals surface area contributed by atoms with E-state index in [4.69, 9.17) is 4.74 Å². The second-order valence-electron chi connectivity index (χ2n) is 5.09. The third-order valence-electron chi connectivity index (χ3n) is 3.35. The Balaban J connectivity index is 2.68. The van der Waals surface area contributed by atoms with Crippen LogP contribution in [0.5, 0.6) is 0 Å². The number of nitrogens with one attached hydrogen (secondary N) is 1. The molecule has 94 valence electrons. The van der Waals surface area contributed by atoms with E-state index in [2.05, 4.69) is 12.2 Å². The fourth-order valence-corrected chi connectivity index (χ4v) is 2.70. The molecule has 1 aliphatic rings. The second-order valence-corrected chi connectivity index (χ2v) is 5.09. The molecule has 1 saturated carbocycles. The smallest absolute Gasteiger partial charge is 0.323 e. The first-order chi connectivity index (χ1) is 7.50. The average Bonchev–Trinajstić information content (AvgIpc) is 2.17. The predicted octanol–water partition coefficient (Wildman–Crippen LogP) is 1.64. The lowest BCUT2D eigenvalue weighted by atomic mass is 9.76. The van der Waals surface area contributed by atoms with Crippen molar-refractivity contribution >= 4 is 5.97 Å². The molecule has 4 nitrogen and oxygen atoms in total. The third kappa shape index (κ3) is 3.19. The summed E-state index contributed by atoms with van der Waals surface area (Å²) >= 11 is 0. The number of hydrogen-bond donors (Lipinski definition) is 2. The Morgan fingerprint density at radius 1 is 1.69 bits per heavy atom. The van der Waals surface area contributed by atoms with Crippen molar-refractivity contribution in [3.8, 4) is 0 Å². The van der Waals surface area contributed by atoms with Crippen LogP contribution in [-0.2, 0) is 9.53 Å². The number of rotatable bonds is 5. The van der Waals surface area contributed by atoms with Gasteiger partial charge in [0.15, 0.2) is 0 Å². The van der Waals surface area contributed by atoms with Gasteiger partial charge in [-0.1, -0.05) is 19.8 Å². The van der Waals surface area contributed by atoms with E-state index >= 15 is 0 Å². The third-order valence-corrected chi connectivity index (χ3v) is 3.35. The van der Waals surface area contributed by atoms with Crippen molar-refractivity contribution < 1.29 is 14.6 Å². The van der Waals surface area contributed by atoms with Crippen LogP contribution in [0.1, 0.15) is 39.5 Å². The molecule has 3 atom stereocenters. The number of methoxy groups -OCH3 is 1. The van der Waals surface area contributed by atoms with Crippen molar-refractivity contribution in [2.75, 3.05) is 13.7 Å². The monoisotopic (exact) mass is 229 g/mol. The lowest BCUT2D eigenvalue weighted by Gasteiger charge is -2.39. The van der Waals surface area contributed by atoms with Crippen LogP contribution in [0.15, 0.2) is 0 Å². The summed E-state index contributed by atoms with van der Waals surface area (Å²) in [5.41, 5.74) is -0.740. The summed E-state index contributed by atoms with van der Waals surface area (Å²) in [6, 6.07) is 0.0754. The zero-order chi connectivity index (χ0) is 12.2. The lowest BCUT2D eigenvalue weighted by molar-refractivity contribution is -0.147. The standard InChI is InChI=1S/C12H23NO3/c1-9-5-4-6-12(7-9,11(14)15)13-10(2)8-16-3/h9-10,13H,4-8H2,1-3H3,(H,14,15). The summed E-state index contributed by atoms with van der Waals surface area (Å²) in [6.07, 6.45) is 3.56. The molecule has 4 heteroatoms. The van der Waals surface area contributed by atoms with Gasteiger partial charge in [-0.15, -0.1) is 0 Å². The van der Waals surface area contributed by atoms with Crippen molar-refractivity contribution in [2.45, 2.75) is 51.1 Å².